The van der Waals surface area contributed by atoms with Crippen LogP contribution in [0.2, 0.25) is 0 Å². The van der Waals surface area contributed by atoms with E-state index in [2.05, 4.69) is 4.98 Å². The Morgan fingerprint density at radius 1 is 1.69 bits per heavy atom. The van der Waals surface area contributed by atoms with E-state index in [1.807, 2.05) is 0 Å². The quantitative estimate of drug-likeness (QED) is 0.762. The van der Waals surface area contributed by atoms with Crippen molar-refractivity contribution in [2.45, 2.75) is 18.7 Å². The molecule has 1 heterocycles. The lowest BCUT2D eigenvalue weighted by atomic mass is 10.3. The lowest BCUT2D eigenvalue weighted by Crippen LogP contribution is -2.10. The fourth-order valence-electron chi connectivity index (χ4n) is 0.957. The second kappa shape index (κ2) is 3.47. The first-order valence-electron chi connectivity index (χ1n) is 3.78. The molecule has 0 aliphatic rings. The summed E-state index contributed by atoms with van der Waals surface area (Å²) in [5, 5.41) is -0.687. The Balaban J connectivity index is 3.08. The number of nitrogens with zero attached hydrogens (tertiary/aromatic N) is 1. The molecule has 0 aliphatic heterocycles. The summed E-state index contributed by atoms with van der Waals surface area (Å²) in [7, 11) is -3.15. The number of hydrogen-bond donors (Lipinski definition) is 1. The third-order valence-electron chi connectivity index (χ3n) is 1.88. The van der Waals surface area contributed by atoms with Crippen molar-refractivity contribution < 1.29 is 12.8 Å². The van der Waals surface area contributed by atoms with Crippen molar-refractivity contribution in [2.75, 3.05) is 6.26 Å². The molecule has 0 saturated carbocycles. The van der Waals surface area contributed by atoms with Gasteiger partial charge in [-0.3, -0.25) is 0 Å². The maximum absolute atomic E-state index is 11.2. The lowest BCUT2D eigenvalue weighted by Gasteiger charge is -2.06. The second-order valence-corrected chi connectivity index (χ2v) is 5.21. The largest absolute Gasteiger partial charge is 0.447 e. The molecule has 0 bridgehead atoms. The van der Waals surface area contributed by atoms with Gasteiger partial charge < -0.3 is 10.2 Å². The van der Waals surface area contributed by atoms with Crippen molar-refractivity contribution in [2.24, 2.45) is 5.73 Å². The molecular formula is C7H12N2O3S. The highest BCUT2D eigenvalue weighted by Gasteiger charge is 2.23. The highest BCUT2D eigenvalue weighted by atomic mass is 32.2. The van der Waals surface area contributed by atoms with Crippen molar-refractivity contribution in [3.63, 3.8) is 0 Å². The molecule has 0 aliphatic carbocycles. The number of hydrogen-bond acceptors (Lipinski definition) is 5. The van der Waals surface area contributed by atoms with Crippen LogP contribution in [0, 0.1) is 0 Å². The van der Waals surface area contributed by atoms with Crippen LogP contribution < -0.4 is 5.73 Å². The van der Waals surface area contributed by atoms with Crippen LogP contribution in [0.15, 0.2) is 10.8 Å². The molecule has 1 rings (SSSR count). The van der Waals surface area contributed by atoms with Gasteiger partial charge in [0.15, 0.2) is 16.2 Å². The average molecular weight is 204 g/mol. The smallest absolute Gasteiger partial charge is 0.181 e. The standard InChI is InChI=1S/C7H12N2O3S/c1-5(13(2,10)11)7-6(3-8)9-4-12-7/h4-5H,3,8H2,1-2H3. The zero-order chi connectivity index (χ0) is 10.1. The van der Waals surface area contributed by atoms with Crippen molar-refractivity contribution >= 4 is 9.84 Å². The SMILES string of the molecule is CC(c1ocnc1CN)S(C)(=O)=O. The minimum atomic E-state index is -3.15. The molecule has 0 aromatic carbocycles. The minimum absolute atomic E-state index is 0.186. The van der Waals surface area contributed by atoms with Gasteiger partial charge in [0, 0.05) is 12.8 Å². The van der Waals surface area contributed by atoms with Gasteiger partial charge in [0.05, 0.1) is 5.69 Å². The summed E-state index contributed by atoms with van der Waals surface area (Å²) in [6, 6.07) is 0. The summed E-state index contributed by atoms with van der Waals surface area (Å²) in [6.45, 7) is 1.74. The van der Waals surface area contributed by atoms with Gasteiger partial charge in [-0.15, -0.1) is 0 Å². The molecule has 1 aromatic rings. The summed E-state index contributed by atoms with van der Waals surface area (Å²) in [4.78, 5) is 3.81. The van der Waals surface area contributed by atoms with E-state index in [1.165, 1.54) is 6.39 Å². The Labute approximate surface area is 76.9 Å². The van der Waals surface area contributed by atoms with E-state index in [1.54, 1.807) is 6.92 Å². The van der Waals surface area contributed by atoms with Crippen LogP contribution in [-0.4, -0.2) is 19.7 Å². The van der Waals surface area contributed by atoms with Crippen molar-refractivity contribution in [1.82, 2.24) is 4.98 Å². The van der Waals surface area contributed by atoms with Gasteiger partial charge in [0.25, 0.3) is 0 Å². The zero-order valence-electron chi connectivity index (χ0n) is 7.52. The van der Waals surface area contributed by atoms with Crippen LogP contribution >= 0.6 is 0 Å². The third kappa shape index (κ3) is 2.07. The molecular weight excluding hydrogens is 192 g/mol. The van der Waals surface area contributed by atoms with Gasteiger partial charge in [-0.25, -0.2) is 13.4 Å². The van der Waals surface area contributed by atoms with Gasteiger partial charge in [0.1, 0.15) is 11.0 Å². The van der Waals surface area contributed by atoms with Crippen LogP contribution in [0.5, 0.6) is 0 Å². The molecule has 0 radical (unpaired) electrons. The number of oxazole rings is 1. The number of sulfone groups is 1. The topological polar surface area (TPSA) is 86.2 Å². The predicted molar refractivity (Wildman–Crippen MR) is 47.7 cm³/mol. The van der Waals surface area contributed by atoms with Gasteiger partial charge in [-0.05, 0) is 6.92 Å². The highest BCUT2D eigenvalue weighted by Crippen LogP contribution is 2.23. The first-order valence-corrected chi connectivity index (χ1v) is 5.73. The van der Waals surface area contributed by atoms with Crippen LogP contribution in [0.1, 0.15) is 23.6 Å². The van der Waals surface area contributed by atoms with Crippen molar-refractivity contribution in [3.8, 4) is 0 Å². The van der Waals surface area contributed by atoms with E-state index < -0.39 is 15.1 Å². The Morgan fingerprint density at radius 2 is 2.31 bits per heavy atom. The molecule has 13 heavy (non-hydrogen) atoms. The molecule has 1 unspecified atom stereocenters. The lowest BCUT2D eigenvalue weighted by molar-refractivity contribution is 0.492. The average Bonchev–Trinajstić information content (AvgIpc) is 2.48. The number of aromatic nitrogens is 1. The Bertz CT molecular complexity index is 382. The van der Waals surface area contributed by atoms with E-state index in [-0.39, 0.29) is 6.54 Å². The number of nitrogens with two attached hydrogens (primary N) is 1. The summed E-state index contributed by atoms with van der Waals surface area (Å²) >= 11 is 0. The maximum Gasteiger partial charge on any atom is 0.181 e. The Kier molecular flexibility index (Phi) is 2.72. The molecule has 6 heteroatoms. The first-order chi connectivity index (χ1) is 5.96. The number of rotatable bonds is 3. The highest BCUT2D eigenvalue weighted by molar-refractivity contribution is 7.90. The first kappa shape index (κ1) is 10.2. The fraction of sp³-hybridized carbons (Fsp3) is 0.571. The molecule has 1 atom stereocenters. The molecule has 2 N–H and O–H groups in total. The zero-order valence-corrected chi connectivity index (χ0v) is 8.34. The molecule has 0 fully saturated rings. The van der Waals surface area contributed by atoms with E-state index >= 15 is 0 Å². The van der Waals surface area contributed by atoms with Crippen LogP contribution in [0.25, 0.3) is 0 Å². The van der Waals surface area contributed by atoms with Crippen LogP contribution in [0.3, 0.4) is 0 Å². The van der Waals surface area contributed by atoms with E-state index in [9.17, 15) is 8.42 Å². The summed E-state index contributed by atoms with van der Waals surface area (Å²) in [5.41, 5.74) is 5.86. The second-order valence-electron chi connectivity index (χ2n) is 2.84. The molecule has 0 saturated heterocycles. The molecule has 0 amide bonds. The van der Waals surface area contributed by atoms with Crippen LogP contribution in [0.4, 0.5) is 0 Å². The molecule has 5 nitrogen and oxygen atoms in total. The van der Waals surface area contributed by atoms with E-state index in [4.69, 9.17) is 10.2 Å². The molecule has 74 valence electrons. The Hall–Kier alpha value is -0.880. The van der Waals surface area contributed by atoms with Gasteiger partial charge in [-0.2, -0.15) is 0 Å². The minimum Gasteiger partial charge on any atom is -0.447 e. The summed E-state index contributed by atoms with van der Waals surface area (Å²) in [6.07, 6.45) is 2.36. The maximum atomic E-state index is 11.2. The van der Waals surface area contributed by atoms with Gasteiger partial charge in [-0.1, -0.05) is 0 Å². The van der Waals surface area contributed by atoms with E-state index in [0.717, 1.165) is 6.26 Å². The summed E-state index contributed by atoms with van der Waals surface area (Å²) < 4.78 is 27.3. The summed E-state index contributed by atoms with van der Waals surface area (Å²) in [5.74, 6) is 0.338. The normalized spacial score (nSPS) is 14.4. The molecule has 0 spiro atoms. The monoisotopic (exact) mass is 204 g/mol. The predicted octanol–water partition coefficient (Wildman–Crippen LogP) is 0.239. The van der Waals surface area contributed by atoms with Crippen molar-refractivity contribution in [1.29, 1.82) is 0 Å². The molecule has 1 aromatic heterocycles. The van der Waals surface area contributed by atoms with Gasteiger partial charge >= 0.3 is 0 Å². The van der Waals surface area contributed by atoms with Crippen LogP contribution in [-0.2, 0) is 16.4 Å². The Morgan fingerprint density at radius 3 is 2.77 bits per heavy atom. The van der Waals surface area contributed by atoms with Crippen molar-refractivity contribution in [3.05, 3.63) is 17.8 Å². The third-order valence-corrected chi connectivity index (χ3v) is 3.38. The fourth-order valence-corrected chi connectivity index (χ4v) is 1.54. The van der Waals surface area contributed by atoms with Gasteiger partial charge in [0.2, 0.25) is 0 Å². The van der Waals surface area contributed by atoms with E-state index in [0.29, 0.717) is 11.5 Å².